The third-order valence-electron chi connectivity index (χ3n) is 7.97. The predicted octanol–water partition coefficient (Wildman–Crippen LogP) is 5.43. The quantitative estimate of drug-likeness (QED) is 0.261. The normalized spacial score (nSPS) is 14.2. The van der Waals surface area contributed by atoms with Gasteiger partial charge in [-0.15, -0.1) is 0 Å². The Morgan fingerprint density at radius 2 is 1.53 bits per heavy atom. The highest BCUT2D eigenvalue weighted by molar-refractivity contribution is 7.92. The van der Waals surface area contributed by atoms with Crippen LogP contribution in [0.3, 0.4) is 0 Å². The van der Waals surface area contributed by atoms with Crippen molar-refractivity contribution >= 4 is 39.1 Å². The third-order valence-corrected chi connectivity index (χ3v) is 9.99. The Hall–Kier alpha value is -3.96. The minimum atomic E-state index is -4.31. The molecule has 3 aromatic rings. The van der Waals surface area contributed by atoms with Crippen LogP contribution in [-0.4, -0.2) is 65.1 Å². The van der Waals surface area contributed by atoms with Gasteiger partial charge >= 0.3 is 0 Å². The molecule has 45 heavy (non-hydrogen) atoms. The van der Waals surface area contributed by atoms with Crippen molar-refractivity contribution in [3.8, 4) is 17.2 Å². The van der Waals surface area contributed by atoms with Crippen LogP contribution in [0.1, 0.15) is 44.6 Å². The summed E-state index contributed by atoms with van der Waals surface area (Å²) in [7, 11) is 0.109. The van der Waals surface area contributed by atoms with Gasteiger partial charge in [0.05, 0.1) is 31.9 Å². The summed E-state index contributed by atoms with van der Waals surface area (Å²) in [5.41, 5.74) is 0.980. The minimum Gasteiger partial charge on any atom is -0.497 e. The molecular formula is C33H40ClN3O7S. The summed E-state index contributed by atoms with van der Waals surface area (Å²) in [6.45, 7) is 1.16. The van der Waals surface area contributed by atoms with Crippen molar-refractivity contribution in [1.29, 1.82) is 0 Å². The van der Waals surface area contributed by atoms with E-state index in [0.29, 0.717) is 16.5 Å². The Kier molecular flexibility index (Phi) is 11.6. The Morgan fingerprint density at radius 1 is 0.889 bits per heavy atom. The summed E-state index contributed by atoms with van der Waals surface area (Å²) < 4.78 is 45.2. The number of rotatable bonds is 13. The Balaban J connectivity index is 1.70. The first kappa shape index (κ1) is 33.9. The van der Waals surface area contributed by atoms with E-state index in [0.717, 1.165) is 42.0 Å². The van der Waals surface area contributed by atoms with E-state index in [2.05, 4.69) is 5.32 Å². The lowest BCUT2D eigenvalue weighted by Gasteiger charge is -2.33. The van der Waals surface area contributed by atoms with Crippen molar-refractivity contribution in [2.75, 3.05) is 32.2 Å². The fourth-order valence-electron chi connectivity index (χ4n) is 5.32. The summed E-state index contributed by atoms with van der Waals surface area (Å²) in [6, 6.07) is 16.7. The van der Waals surface area contributed by atoms with E-state index in [4.69, 9.17) is 25.8 Å². The van der Waals surface area contributed by atoms with Gasteiger partial charge in [0.1, 0.15) is 18.3 Å². The molecular weight excluding hydrogens is 618 g/mol. The van der Waals surface area contributed by atoms with Gasteiger partial charge < -0.3 is 24.4 Å². The van der Waals surface area contributed by atoms with Gasteiger partial charge in [0, 0.05) is 23.7 Å². The number of amides is 2. The Morgan fingerprint density at radius 3 is 2.13 bits per heavy atom. The van der Waals surface area contributed by atoms with Crippen LogP contribution in [0.4, 0.5) is 5.69 Å². The number of halogens is 1. The van der Waals surface area contributed by atoms with E-state index in [1.165, 1.54) is 49.5 Å². The Bertz CT molecular complexity index is 1560. The number of carbonyl (C=O) groups excluding carboxylic acids is 2. The molecule has 0 aliphatic heterocycles. The molecule has 2 amide bonds. The van der Waals surface area contributed by atoms with Gasteiger partial charge in [0.25, 0.3) is 10.0 Å². The van der Waals surface area contributed by atoms with Crippen molar-refractivity contribution in [3.63, 3.8) is 0 Å². The zero-order chi connectivity index (χ0) is 32.6. The number of carbonyl (C=O) groups is 2. The minimum absolute atomic E-state index is 0.0441. The van der Waals surface area contributed by atoms with Gasteiger partial charge in [-0.3, -0.25) is 13.9 Å². The molecule has 0 heterocycles. The van der Waals surface area contributed by atoms with Gasteiger partial charge in [0.15, 0.2) is 11.5 Å². The van der Waals surface area contributed by atoms with Gasteiger partial charge in [-0.05, 0) is 73.9 Å². The fraction of sp³-hybridized carbons (Fsp3) is 0.394. The van der Waals surface area contributed by atoms with Crippen molar-refractivity contribution in [1.82, 2.24) is 10.2 Å². The van der Waals surface area contributed by atoms with E-state index in [1.54, 1.807) is 38.3 Å². The van der Waals surface area contributed by atoms with Crippen molar-refractivity contribution in [2.45, 2.75) is 62.6 Å². The number of sulfonamides is 1. The van der Waals surface area contributed by atoms with Crippen LogP contribution >= 0.6 is 11.6 Å². The molecule has 1 aliphatic rings. The third kappa shape index (κ3) is 8.40. The monoisotopic (exact) mass is 657 g/mol. The summed E-state index contributed by atoms with van der Waals surface area (Å²) in [5.74, 6) is 0.374. The average Bonchev–Trinajstić information content (AvgIpc) is 3.06. The smallest absolute Gasteiger partial charge is 0.264 e. The highest BCUT2D eigenvalue weighted by atomic mass is 35.5. The largest absolute Gasteiger partial charge is 0.497 e. The van der Waals surface area contributed by atoms with Gasteiger partial charge in [0.2, 0.25) is 11.8 Å². The number of ether oxygens (including phenoxy) is 3. The number of hydrogen-bond acceptors (Lipinski definition) is 7. The first-order chi connectivity index (χ1) is 21.6. The molecule has 242 valence electrons. The fourth-order valence-corrected chi connectivity index (χ4v) is 6.88. The number of methoxy groups -OCH3 is 3. The molecule has 0 bridgehead atoms. The molecule has 1 unspecified atom stereocenters. The molecule has 0 aromatic heterocycles. The molecule has 1 N–H and O–H groups in total. The van der Waals surface area contributed by atoms with Crippen LogP contribution in [0.15, 0.2) is 71.6 Å². The molecule has 12 heteroatoms. The highest BCUT2D eigenvalue weighted by Gasteiger charge is 2.33. The molecule has 0 saturated heterocycles. The molecule has 0 radical (unpaired) electrons. The molecule has 1 fully saturated rings. The molecule has 10 nitrogen and oxygen atoms in total. The van der Waals surface area contributed by atoms with Crippen molar-refractivity contribution < 1.29 is 32.2 Å². The van der Waals surface area contributed by atoms with Crippen LogP contribution in [0.5, 0.6) is 17.2 Å². The highest BCUT2D eigenvalue weighted by Crippen LogP contribution is 2.33. The first-order valence-electron chi connectivity index (χ1n) is 14.8. The summed E-state index contributed by atoms with van der Waals surface area (Å²) >= 11 is 6.12. The van der Waals surface area contributed by atoms with E-state index in [1.807, 2.05) is 12.1 Å². The van der Waals surface area contributed by atoms with E-state index in [9.17, 15) is 18.0 Å². The average molecular weight is 658 g/mol. The predicted molar refractivity (Wildman–Crippen MR) is 174 cm³/mol. The topological polar surface area (TPSA) is 114 Å². The second-order valence-electron chi connectivity index (χ2n) is 10.9. The molecule has 1 atom stereocenters. The second kappa shape index (κ2) is 15.4. The second-order valence-corrected chi connectivity index (χ2v) is 13.2. The van der Waals surface area contributed by atoms with E-state index >= 15 is 0 Å². The van der Waals surface area contributed by atoms with Crippen molar-refractivity contribution in [3.05, 3.63) is 77.3 Å². The Labute approximate surface area is 270 Å². The van der Waals surface area contributed by atoms with Gasteiger partial charge in [-0.1, -0.05) is 43.0 Å². The summed E-state index contributed by atoms with van der Waals surface area (Å²) in [4.78, 5) is 29.0. The maximum absolute atomic E-state index is 14.2. The maximum atomic E-state index is 14.2. The van der Waals surface area contributed by atoms with Crippen LogP contribution in [0.25, 0.3) is 0 Å². The molecule has 3 aromatic carbocycles. The number of hydrogen-bond donors (Lipinski definition) is 1. The molecule has 1 saturated carbocycles. The lowest BCUT2D eigenvalue weighted by molar-refractivity contribution is -0.139. The molecule has 4 rings (SSSR count). The van der Waals surface area contributed by atoms with Crippen LogP contribution in [0, 0.1) is 0 Å². The van der Waals surface area contributed by atoms with Crippen molar-refractivity contribution in [2.24, 2.45) is 0 Å². The maximum Gasteiger partial charge on any atom is 0.264 e. The molecule has 1 aliphatic carbocycles. The number of benzene rings is 3. The summed E-state index contributed by atoms with van der Waals surface area (Å²) in [6.07, 6.45) is 4.99. The number of anilines is 1. The lowest BCUT2D eigenvalue weighted by Crippen LogP contribution is -2.53. The number of nitrogens with one attached hydrogen (secondary N) is 1. The van der Waals surface area contributed by atoms with Crippen LogP contribution < -0.4 is 23.8 Å². The summed E-state index contributed by atoms with van der Waals surface area (Å²) in [5, 5.41) is 3.51. The first-order valence-corrected chi connectivity index (χ1v) is 16.6. The van der Waals surface area contributed by atoms with Gasteiger partial charge in [-0.25, -0.2) is 8.42 Å². The zero-order valence-corrected chi connectivity index (χ0v) is 27.6. The van der Waals surface area contributed by atoms with Crippen LogP contribution in [0.2, 0.25) is 5.02 Å². The molecule has 0 spiro atoms. The van der Waals surface area contributed by atoms with E-state index in [-0.39, 0.29) is 34.8 Å². The standard InChI is InChI=1S/C33H40ClN3O7S/c1-23(33(39)35-26-8-6-5-7-9-26)36(21-24-10-16-28(42-2)17-11-24)32(38)22-37(27-14-12-25(34)13-15-27)45(40,41)29-18-19-30(43-3)31(20-29)44-4/h10-20,23,26H,5-9,21-22H2,1-4H3,(H,35,39). The lowest BCUT2D eigenvalue weighted by atomic mass is 9.95. The zero-order valence-electron chi connectivity index (χ0n) is 26.0. The number of nitrogens with zero attached hydrogens (tertiary/aromatic N) is 2. The SMILES string of the molecule is COc1ccc(CN(C(=O)CN(c2ccc(Cl)cc2)S(=O)(=O)c2ccc(OC)c(OC)c2)C(C)C(=O)NC2CCCCC2)cc1. The van der Waals surface area contributed by atoms with Crippen LogP contribution in [-0.2, 0) is 26.2 Å². The van der Waals surface area contributed by atoms with E-state index < -0.39 is 28.5 Å². The van der Waals surface area contributed by atoms with Gasteiger partial charge in [-0.2, -0.15) is 0 Å².